The Balaban J connectivity index is 2.32. The summed E-state index contributed by atoms with van der Waals surface area (Å²) >= 11 is 0. The Bertz CT molecular complexity index is 519. The van der Waals surface area contributed by atoms with Crippen molar-refractivity contribution in [1.82, 2.24) is 14.8 Å². The lowest BCUT2D eigenvalue weighted by Gasteiger charge is -2.02. The number of aryl methyl sites for hydroxylation is 1. The third-order valence-corrected chi connectivity index (χ3v) is 2.14. The van der Waals surface area contributed by atoms with Crippen LogP contribution in [0.2, 0.25) is 0 Å². The standard InChI is InChI=1S/C11H11N3O2/c1-8-12-7-14(13-8)10-4-2-3-9(5-10)6-11(15)16/h2-5,7H,6H2,1H3,(H,15,16). The summed E-state index contributed by atoms with van der Waals surface area (Å²) in [6, 6.07) is 7.24. The molecule has 1 heterocycles. The molecule has 0 unspecified atom stereocenters. The van der Waals surface area contributed by atoms with Gasteiger partial charge in [0.1, 0.15) is 12.2 Å². The maximum atomic E-state index is 10.6. The van der Waals surface area contributed by atoms with Gasteiger partial charge in [0, 0.05) is 0 Å². The van der Waals surface area contributed by atoms with Gasteiger partial charge < -0.3 is 5.11 Å². The van der Waals surface area contributed by atoms with Gasteiger partial charge in [-0.1, -0.05) is 12.1 Å². The minimum atomic E-state index is -0.841. The molecule has 5 heteroatoms. The van der Waals surface area contributed by atoms with Gasteiger partial charge in [0.2, 0.25) is 0 Å². The highest BCUT2D eigenvalue weighted by Gasteiger charge is 2.03. The minimum Gasteiger partial charge on any atom is -0.481 e. The lowest BCUT2D eigenvalue weighted by atomic mass is 10.1. The van der Waals surface area contributed by atoms with Crippen molar-refractivity contribution in [3.05, 3.63) is 42.0 Å². The zero-order chi connectivity index (χ0) is 11.5. The van der Waals surface area contributed by atoms with Crippen LogP contribution in [0.15, 0.2) is 30.6 Å². The van der Waals surface area contributed by atoms with Gasteiger partial charge >= 0.3 is 5.97 Å². The number of carboxylic acid groups (broad SMARTS) is 1. The smallest absolute Gasteiger partial charge is 0.307 e. The highest BCUT2D eigenvalue weighted by molar-refractivity contribution is 5.70. The maximum absolute atomic E-state index is 10.6. The molecule has 0 saturated heterocycles. The minimum absolute atomic E-state index is 0.0154. The Morgan fingerprint density at radius 3 is 2.94 bits per heavy atom. The first kappa shape index (κ1) is 10.4. The zero-order valence-electron chi connectivity index (χ0n) is 8.79. The van der Waals surface area contributed by atoms with Gasteiger partial charge in [-0.3, -0.25) is 4.79 Å². The first-order chi connectivity index (χ1) is 7.65. The van der Waals surface area contributed by atoms with Gasteiger partial charge in [-0.2, -0.15) is 5.10 Å². The normalized spacial score (nSPS) is 10.3. The van der Waals surface area contributed by atoms with Crippen molar-refractivity contribution < 1.29 is 9.90 Å². The second kappa shape index (κ2) is 4.14. The van der Waals surface area contributed by atoms with Crippen molar-refractivity contribution in [1.29, 1.82) is 0 Å². The second-order valence-corrected chi connectivity index (χ2v) is 3.48. The molecule has 0 saturated carbocycles. The molecular formula is C11H11N3O2. The molecule has 0 aliphatic heterocycles. The van der Waals surface area contributed by atoms with Crippen LogP contribution < -0.4 is 0 Å². The topological polar surface area (TPSA) is 68.0 Å². The lowest BCUT2D eigenvalue weighted by Crippen LogP contribution is -2.02. The van der Waals surface area contributed by atoms with E-state index in [0.717, 1.165) is 11.3 Å². The predicted octanol–water partition coefficient (Wildman–Crippen LogP) is 1.20. The SMILES string of the molecule is Cc1ncn(-c2cccc(CC(=O)O)c2)n1. The number of aliphatic carboxylic acids is 1. The number of nitrogens with zero attached hydrogens (tertiary/aromatic N) is 3. The zero-order valence-corrected chi connectivity index (χ0v) is 8.79. The molecule has 0 aliphatic carbocycles. The Morgan fingerprint density at radius 1 is 1.50 bits per heavy atom. The molecule has 0 atom stereocenters. The summed E-state index contributed by atoms with van der Waals surface area (Å²) in [7, 11) is 0. The largest absolute Gasteiger partial charge is 0.481 e. The average molecular weight is 217 g/mol. The third-order valence-electron chi connectivity index (χ3n) is 2.14. The first-order valence-corrected chi connectivity index (χ1v) is 4.84. The van der Waals surface area contributed by atoms with Crippen molar-refractivity contribution >= 4 is 5.97 Å². The van der Waals surface area contributed by atoms with E-state index in [2.05, 4.69) is 10.1 Å². The van der Waals surface area contributed by atoms with Crippen LogP contribution >= 0.6 is 0 Å². The average Bonchev–Trinajstić information content (AvgIpc) is 2.64. The molecule has 0 fully saturated rings. The Hall–Kier alpha value is -2.17. The Morgan fingerprint density at radius 2 is 2.31 bits per heavy atom. The van der Waals surface area contributed by atoms with Crippen molar-refractivity contribution in [3.8, 4) is 5.69 Å². The third kappa shape index (κ3) is 2.25. The highest BCUT2D eigenvalue weighted by Crippen LogP contribution is 2.10. The Labute approximate surface area is 92.4 Å². The number of carboxylic acids is 1. The summed E-state index contributed by atoms with van der Waals surface area (Å²) in [5.41, 5.74) is 1.57. The van der Waals surface area contributed by atoms with E-state index in [9.17, 15) is 4.79 Å². The molecule has 5 nitrogen and oxygen atoms in total. The van der Waals surface area contributed by atoms with Gasteiger partial charge in [0.05, 0.1) is 12.1 Å². The van der Waals surface area contributed by atoms with Gasteiger partial charge in [-0.25, -0.2) is 9.67 Å². The summed E-state index contributed by atoms with van der Waals surface area (Å²) in [5, 5.41) is 12.9. The summed E-state index contributed by atoms with van der Waals surface area (Å²) < 4.78 is 1.63. The van der Waals surface area contributed by atoms with Crippen LogP contribution in [0.4, 0.5) is 0 Å². The number of hydrogen-bond donors (Lipinski definition) is 1. The first-order valence-electron chi connectivity index (χ1n) is 4.84. The van der Waals surface area contributed by atoms with Gasteiger partial charge in [-0.05, 0) is 24.6 Å². The summed E-state index contributed by atoms with van der Waals surface area (Å²) in [4.78, 5) is 14.6. The molecule has 0 amide bonds. The Kier molecular flexibility index (Phi) is 2.68. The molecule has 2 aromatic rings. The van der Waals surface area contributed by atoms with E-state index in [4.69, 9.17) is 5.11 Å². The molecule has 2 rings (SSSR count). The van der Waals surface area contributed by atoms with E-state index < -0.39 is 5.97 Å². The number of benzene rings is 1. The quantitative estimate of drug-likeness (QED) is 0.838. The molecule has 82 valence electrons. The molecule has 1 N–H and O–H groups in total. The molecule has 0 bridgehead atoms. The fourth-order valence-corrected chi connectivity index (χ4v) is 1.45. The van der Waals surface area contributed by atoms with E-state index in [1.807, 2.05) is 12.1 Å². The molecule has 0 spiro atoms. The van der Waals surface area contributed by atoms with E-state index in [0.29, 0.717) is 5.82 Å². The van der Waals surface area contributed by atoms with Crippen molar-refractivity contribution in [2.75, 3.05) is 0 Å². The van der Waals surface area contributed by atoms with Gasteiger partial charge in [0.15, 0.2) is 0 Å². The lowest BCUT2D eigenvalue weighted by molar-refractivity contribution is -0.136. The fourth-order valence-electron chi connectivity index (χ4n) is 1.45. The number of aromatic nitrogens is 3. The summed E-state index contributed by atoms with van der Waals surface area (Å²) in [6.07, 6.45) is 1.62. The van der Waals surface area contributed by atoms with Crippen LogP contribution in [0.3, 0.4) is 0 Å². The summed E-state index contributed by atoms with van der Waals surface area (Å²) in [5.74, 6) is -0.157. The number of carbonyl (C=O) groups is 1. The van der Waals surface area contributed by atoms with Crippen LogP contribution in [0.1, 0.15) is 11.4 Å². The molecule has 0 radical (unpaired) electrons. The van der Waals surface area contributed by atoms with E-state index in [1.54, 1.807) is 30.1 Å². The van der Waals surface area contributed by atoms with Gasteiger partial charge in [-0.15, -0.1) is 0 Å². The van der Waals surface area contributed by atoms with Gasteiger partial charge in [0.25, 0.3) is 0 Å². The molecular weight excluding hydrogens is 206 g/mol. The second-order valence-electron chi connectivity index (χ2n) is 3.48. The number of rotatable bonds is 3. The molecule has 1 aromatic heterocycles. The predicted molar refractivity (Wildman–Crippen MR) is 57.4 cm³/mol. The van der Waals surface area contributed by atoms with Crippen molar-refractivity contribution in [2.24, 2.45) is 0 Å². The van der Waals surface area contributed by atoms with Crippen molar-refractivity contribution in [2.45, 2.75) is 13.3 Å². The van der Waals surface area contributed by atoms with Crippen molar-refractivity contribution in [3.63, 3.8) is 0 Å². The van der Waals surface area contributed by atoms with Crippen LogP contribution in [0, 0.1) is 6.92 Å². The molecule has 1 aromatic carbocycles. The monoisotopic (exact) mass is 217 g/mol. The fraction of sp³-hybridized carbons (Fsp3) is 0.182. The molecule has 16 heavy (non-hydrogen) atoms. The van der Waals surface area contributed by atoms with Crippen LogP contribution in [0.25, 0.3) is 5.69 Å². The van der Waals surface area contributed by atoms with Crippen LogP contribution in [-0.2, 0) is 11.2 Å². The van der Waals surface area contributed by atoms with Crippen LogP contribution in [0.5, 0.6) is 0 Å². The number of hydrogen-bond acceptors (Lipinski definition) is 3. The maximum Gasteiger partial charge on any atom is 0.307 e. The van der Waals surface area contributed by atoms with E-state index in [1.165, 1.54) is 0 Å². The summed E-state index contributed by atoms with van der Waals surface area (Å²) in [6.45, 7) is 1.80. The highest BCUT2D eigenvalue weighted by atomic mass is 16.4. The van der Waals surface area contributed by atoms with Crippen LogP contribution in [-0.4, -0.2) is 25.8 Å². The van der Waals surface area contributed by atoms with E-state index >= 15 is 0 Å². The van der Waals surface area contributed by atoms with E-state index in [-0.39, 0.29) is 6.42 Å². The molecule has 0 aliphatic rings.